The Kier molecular flexibility index (Phi) is 4.29. The molecule has 1 unspecified atom stereocenters. The molecule has 0 aliphatic carbocycles. The van der Waals surface area contributed by atoms with Crippen molar-refractivity contribution in [2.75, 3.05) is 0 Å². The van der Waals surface area contributed by atoms with Crippen LogP contribution in [0.25, 0.3) is 6.08 Å². The van der Waals surface area contributed by atoms with Crippen molar-refractivity contribution in [2.24, 2.45) is 0 Å². The van der Waals surface area contributed by atoms with Crippen LogP contribution in [-0.4, -0.2) is 22.1 Å². The van der Waals surface area contributed by atoms with Crippen molar-refractivity contribution in [1.29, 1.82) is 0 Å². The maximum absolute atomic E-state index is 12.1. The maximum Gasteiger partial charge on any atom is 0.293 e. The van der Waals surface area contributed by atoms with E-state index in [4.69, 9.17) is 0 Å². The van der Waals surface area contributed by atoms with Gasteiger partial charge >= 0.3 is 0 Å². The number of hydrogen-bond donors (Lipinski definition) is 0. The first-order valence-corrected chi connectivity index (χ1v) is 8.03. The number of imide groups is 1. The van der Waals surface area contributed by atoms with Gasteiger partial charge in [0.1, 0.15) is 0 Å². The molecule has 0 radical (unpaired) electrons. The summed E-state index contributed by atoms with van der Waals surface area (Å²) >= 11 is 5.92. The topological polar surface area (TPSA) is 37.4 Å². The molecule has 1 atom stereocenters. The minimum Gasteiger partial charge on any atom is -0.268 e. The lowest BCUT2D eigenvalue weighted by molar-refractivity contribution is -0.124. The number of amides is 2. The van der Waals surface area contributed by atoms with E-state index in [1.165, 1.54) is 16.2 Å². The fraction of sp³-hybridized carbons (Fsp3) is 0.333. The number of nitrogens with zero attached hydrogens (tertiary/aromatic N) is 1. The van der Waals surface area contributed by atoms with Crippen LogP contribution >= 0.6 is 39.0 Å². The van der Waals surface area contributed by atoms with Gasteiger partial charge in [-0.25, -0.2) is 0 Å². The first kappa shape index (κ1) is 13.8. The van der Waals surface area contributed by atoms with Crippen LogP contribution in [0.5, 0.6) is 0 Å². The van der Waals surface area contributed by atoms with Gasteiger partial charge in [-0.05, 0) is 53.2 Å². The van der Waals surface area contributed by atoms with Crippen molar-refractivity contribution in [2.45, 2.75) is 26.3 Å². The third kappa shape index (κ3) is 2.70. The van der Waals surface area contributed by atoms with Crippen molar-refractivity contribution in [3.63, 3.8) is 0 Å². The van der Waals surface area contributed by atoms with Crippen LogP contribution in [0.1, 0.15) is 25.1 Å². The third-order valence-corrected chi connectivity index (χ3v) is 5.24. The van der Waals surface area contributed by atoms with E-state index in [0.29, 0.717) is 4.91 Å². The minimum absolute atomic E-state index is 0.0431. The molecule has 1 aromatic rings. The lowest BCUT2D eigenvalue weighted by Crippen LogP contribution is -2.36. The summed E-state index contributed by atoms with van der Waals surface area (Å²) in [5, 5.41) is 1.78. The molecule has 0 saturated carbocycles. The zero-order valence-electron chi connectivity index (χ0n) is 9.97. The van der Waals surface area contributed by atoms with Gasteiger partial charge < -0.3 is 0 Å². The first-order chi connectivity index (χ1) is 8.52. The fourth-order valence-electron chi connectivity index (χ4n) is 1.58. The first-order valence-electron chi connectivity index (χ1n) is 5.54. The molecular formula is C12H12BrNO2S2. The van der Waals surface area contributed by atoms with Crippen LogP contribution in [0.2, 0.25) is 0 Å². The SMILES string of the molecule is CCC(C)N1C(=O)S/C(=C/c2cc(Br)cs2)C1=O. The van der Waals surface area contributed by atoms with Gasteiger partial charge in [0.25, 0.3) is 11.1 Å². The molecule has 6 heteroatoms. The Morgan fingerprint density at radius 1 is 1.50 bits per heavy atom. The van der Waals surface area contributed by atoms with Crippen molar-refractivity contribution in [3.8, 4) is 0 Å². The number of carbonyl (C=O) groups is 2. The molecule has 2 rings (SSSR count). The van der Waals surface area contributed by atoms with Crippen molar-refractivity contribution in [1.82, 2.24) is 4.90 Å². The van der Waals surface area contributed by atoms with E-state index in [-0.39, 0.29) is 17.2 Å². The molecule has 2 amide bonds. The van der Waals surface area contributed by atoms with Crippen molar-refractivity contribution in [3.05, 3.63) is 25.7 Å². The monoisotopic (exact) mass is 345 g/mol. The van der Waals surface area contributed by atoms with Crippen LogP contribution in [0, 0.1) is 0 Å². The Hall–Kier alpha value is -0.590. The molecule has 2 heterocycles. The number of thiophene rings is 1. The van der Waals surface area contributed by atoms with Crippen LogP contribution in [-0.2, 0) is 4.79 Å². The van der Waals surface area contributed by atoms with E-state index in [1.807, 2.05) is 25.3 Å². The number of rotatable bonds is 3. The van der Waals surface area contributed by atoms with Crippen molar-refractivity contribution >= 4 is 56.3 Å². The second kappa shape index (κ2) is 5.59. The van der Waals surface area contributed by atoms with Crippen LogP contribution < -0.4 is 0 Å². The lowest BCUT2D eigenvalue weighted by atomic mass is 10.2. The highest BCUT2D eigenvalue weighted by Gasteiger charge is 2.37. The summed E-state index contributed by atoms with van der Waals surface area (Å²) in [5.41, 5.74) is 0. The maximum atomic E-state index is 12.1. The molecular weight excluding hydrogens is 334 g/mol. The second-order valence-electron chi connectivity index (χ2n) is 3.98. The molecule has 0 N–H and O–H groups in total. The molecule has 1 aliphatic rings. The molecule has 1 aliphatic heterocycles. The van der Waals surface area contributed by atoms with Gasteiger partial charge in [0.2, 0.25) is 0 Å². The largest absolute Gasteiger partial charge is 0.293 e. The number of hydrogen-bond acceptors (Lipinski definition) is 4. The molecule has 0 spiro atoms. The average molecular weight is 346 g/mol. The van der Waals surface area contributed by atoms with Gasteiger partial charge in [-0.15, -0.1) is 11.3 Å². The van der Waals surface area contributed by atoms with Gasteiger partial charge in [0.15, 0.2) is 0 Å². The molecule has 3 nitrogen and oxygen atoms in total. The average Bonchev–Trinajstić information content (AvgIpc) is 2.84. The Morgan fingerprint density at radius 2 is 2.22 bits per heavy atom. The highest BCUT2D eigenvalue weighted by molar-refractivity contribution is 9.10. The molecule has 0 bridgehead atoms. The fourth-order valence-corrected chi connectivity index (χ4v) is 3.95. The van der Waals surface area contributed by atoms with E-state index < -0.39 is 0 Å². The summed E-state index contributed by atoms with van der Waals surface area (Å²) in [4.78, 5) is 26.8. The highest BCUT2D eigenvalue weighted by Crippen LogP contribution is 2.35. The van der Waals surface area contributed by atoms with Gasteiger partial charge in [-0.1, -0.05) is 6.92 Å². The van der Waals surface area contributed by atoms with Crippen LogP contribution in [0.3, 0.4) is 0 Å². The highest BCUT2D eigenvalue weighted by atomic mass is 79.9. The Morgan fingerprint density at radius 3 is 2.78 bits per heavy atom. The van der Waals surface area contributed by atoms with Gasteiger partial charge in [-0.3, -0.25) is 14.5 Å². The summed E-state index contributed by atoms with van der Waals surface area (Å²) < 4.78 is 0.986. The van der Waals surface area contributed by atoms with Gasteiger partial charge in [-0.2, -0.15) is 0 Å². The Labute approximate surface area is 122 Å². The number of thioether (sulfide) groups is 1. The summed E-state index contributed by atoms with van der Waals surface area (Å²) in [6, 6.07) is 1.89. The molecule has 1 saturated heterocycles. The zero-order chi connectivity index (χ0) is 13.3. The molecule has 0 aromatic carbocycles. The second-order valence-corrected chi connectivity index (χ2v) is 6.83. The van der Waals surface area contributed by atoms with Gasteiger partial charge in [0, 0.05) is 20.8 Å². The van der Waals surface area contributed by atoms with Gasteiger partial charge in [0.05, 0.1) is 4.91 Å². The summed E-state index contributed by atoms with van der Waals surface area (Å²) in [5.74, 6) is -0.177. The minimum atomic E-state index is -0.177. The van der Waals surface area contributed by atoms with E-state index in [1.54, 1.807) is 6.08 Å². The number of halogens is 1. The van der Waals surface area contributed by atoms with E-state index >= 15 is 0 Å². The Balaban J connectivity index is 2.25. The predicted molar refractivity (Wildman–Crippen MR) is 79.6 cm³/mol. The van der Waals surface area contributed by atoms with E-state index in [9.17, 15) is 9.59 Å². The quantitative estimate of drug-likeness (QED) is 0.764. The summed E-state index contributed by atoms with van der Waals surface area (Å²) in [6.45, 7) is 3.86. The zero-order valence-corrected chi connectivity index (χ0v) is 13.2. The Bertz CT molecular complexity index is 524. The van der Waals surface area contributed by atoms with E-state index in [0.717, 1.165) is 27.5 Å². The van der Waals surface area contributed by atoms with Crippen LogP contribution in [0.4, 0.5) is 4.79 Å². The van der Waals surface area contributed by atoms with E-state index in [2.05, 4.69) is 15.9 Å². The lowest BCUT2D eigenvalue weighted by Gasteiger charge is -2.19. The summed E-state index contributed by atoms with van der Waals surface area (Å²) in [7, 11) is 0. The molecule has 18 heavy (non-hydrogen) atoms. The smallest absolute Gasteiger partial charge is 0.268 e. The van der Waals surface area contributed by atoms with Crippen LogP contribution in [0.15, 0.2) is 20.8 Å². The molecule has 1 aromatic heterocycles. The molecule has 96 valence electrons. The normalized spacial score (nSPS) is 19.9. The summed E-state index contributed by atoms with van der Waals surface area (Å²) in [6.07, 6.45) is 2.55. The predicted octanol–water partition coefficient (Wildman–Crippen LogP) is 4.35. The van der Waals surface area contributed by atoms with Crippen molar-refractivity contribution < 1.29 is 9.59 Å². The third-order valence-electron chi connectivity index (χ3n) is 2.72. The standard InChI is InChI=1S/C12H12BrNO2S2/c1-3-7(2)14-11(15)10(18-12(14)16)5-9-4-8(13)6-17-9/h4-7H,3H2,1-2H3/b10-5+. The number of carbonyl (C=O) groups excluding carboxylic acids is 2. The molecule has 1 fully saturated rings.